The first kappa shape index (κ1) is 13.4. The number of nitrogens with zero attached hydrogens (tertiary/aromatic N) is 4. The van der Waals surface area contributed by atoms with E-state index >= 15 is 0 Å². The molecule has 0 radical (unpaired) electrons. The molecule has 0 amide bonds. The third-order valence-corrected chi connectivity index (χ3v) is 4.18. The lowest BCUT2D eigenvalue weighted by molar-refractivity contribution is 0.395. The SMILES string of the molecule is CN1CCC(CN(C)c2nc3ccccn3c2CN)C1. The first-order valence-corrected chi connectivity index (χ1v) is 7.24. The fraction of sp³-hybridized carbons (Fsp3) is 0.533. The maximum absolute atomic E-state index is 5.93. The zero-order valence-electron chi connectivity index (χ0n) is 12.3. The molecule has 1 unspecified atom stereocenters. The molecule has 5 nitrogen and oxygen atoms in total. The number of imidazole rings is 1. The molecule has 2 N–H and O–H groups in total. The van der Waals surface area contributed by atoms with Crippen LogP contribution in [0.15, 0.2) is 24.4 Å². The van der Waals surface area contributed by atoms with Gasteiger partial charge in [-0.3, -0.25) is 0 Å². The topological polar surface area (TPSA) is 49.8 Å². The summed E-state index contributed by atoms with van der Waals surface area (Å²) in [5, 5.41) is 0. The molecular formula is C15H23N5. The molecule has 1 fully saturated rings. The first-order valence-electron chi connectivity index (χ1n) is 7.24. The van der Waals surface area contributed by atoms with E-state index < -0.39 is 0 Å². The van der Waals surface area contributed by atoms with E-state index in [0.717, 1.165) is 29.6 Å². The lowest BCUT2D eigenvalue weighted by Crippen LogP contribution is -2.28. The molecule has 1 aliphatic heterocycles. The highest BCUT2D eigenvalue weighted by molar-refractivity contribution is 5.55. The van der Waals surface area contributed by atoms with E-state index in [9.17, 15) is 0 Å². The van der Waals surface area contributed by atoms with Crippen LogP contribution in [-0.2, 0) is 6.54 Å². The van der Waals surface area contributed by atoms with Gasteiger partial charge in [-0.2, -0.15) is 0 Å². The Bertz CT molecular complexity index is 591. The summed E-state index contributed by atoms with van der Waals surface area (Å²) in [6, 6.07) is 6.06. The van der Waals surface area contributed by atoms with Crippen LogP contribution in [-0.4, -0.2) is 48.0 Å². The second-order valence-electron chi connectivity index (χ2n) is 5.81. The number of hydrogen-bond donors (Lipinski definition) is 1. The van der Waals surface area contributed by atoms with Crippen LogP contribution in [0.25, 0.3) is 5.65 Å². The molecule has 1 atom stereocenters. The van der Waals surface area contributed by atoms with E-state index in [4.69, 9.17) is 10.7 Å². The van der Waals surface area contributed by atoms with Gasteiger partial charge in [-0.1, -0.05) is 6.07 Å². The minimum atomic E-state index is 0.509. The number of likely N-dealkylation sites (tertiary alicyclic amines) is 1. The minimum Gasteiger partial charge on any atom is -0.358 e. The van der Waals surface area contributed by atoms with Crippen LogP contribution in [0.2, 0.25) is 0 Å². The maximum atomic E-state index is 5.93. The molecule has 2 aromatic heterocycles. The quantitative estimate of drug-likeness (QED) is 0.909. The Morgan fingerprint density at radius 2 is 2.30 bits per heavy atom. The predicted octanol–water partition coefficient (Wildman–Crippen LogP) is 1.18. The van der Waals surface area contributed by atoms with Gasteiger partial charge in [0.1, 0.15) is 5.65 Å². The Balaban J connectivity index is 1.85. The Labute approximate surface area is 120 Å². The van der Waals surface area contributed by atoms with Crippen LogP contribution in [0.1, 0.15) is 12.1 Å². The van der Waals surface area contributed by atoms with Crippen LogP contribution < -0.4 is 10.6 Å². The number of hydrogen-bond acceptors (Lipinski definition) is 4. The van der Waals surface area contributed by atoms with Gasteiger partial charge in [-0.05, 0) is 38.1 Å². The predicted molar refractivity (Wildman–Crippen MR) is 82.0 cm³/mol. The number of nitrogens with two attached hydrogens (primary N) is 1. The normalized spacial score (nSPS) is 19.9. The molecule has 5 heteroatoms. The summed E-state index contributed by atoms with van der Waals surface area (Å²) in [7, 11) is 4.31. The molecule has 3 rings (SSSR count). The summed E-state index contributed by atoms with van der Waals surface area (Å²) in [5.41, 5.74) is 8.00. The second-order valence-corrected chi connectivity index (χ2v) is 5.81. The molecule has 2 aromatic rings. The van der Waals surface area contributed by atoms with Crippen molar-refractivity contribution in [1.82, 2.24) is 14.3 Å². The first-order chi connectivity index (χ1) is 9.69. The molecule has 0 saturated carbocycles. The standard InChI is InChI=1S/C15H23N5/c1-18-8-6-12(10-18)11-19(2)15-13(9-16)20-7-4-3-5-14(20)17-15/h3-5,7,12H,6,8-11,16H2,1-2H3. The number of anilines is 1. The summed E-state index contributed by atoms with van der Waals surface area (Å²) < 4.78 is 2.09. The molecule has 0 aromatic carbocycles. The van der Waals surface area contributed by atoms with Crippen molar-refractivity contribution < 1.29 is 0 Å². The lowest BCUT2D eigenvalue weighted by atomic mass is 10.1. The Morgan fingerprint density at radius 1 is 1.45 bits per heavy atom. The highest BCUT2D eigenvalue weighted by atomic mass is 15.2. The van der Waals surface area contributed by atoms with Crippen molar-refractivity contribution in [2.24, 2.45) is 11.7 Å². The maximum Gasteiger partial charge on any atom is 0.152 e. The Kier molecular flexibility index (Phi) is 3.63. The summed E-state index contributed by atoms with van der Waals surface area (Å²) in [5.74, 6) is 1.74. The van der Waals surface area contributed by atoms with Crippen molar-refractivity contribution in [2.45, 2.75) is 13.0 Å². The smallest absolute Gasteiger partial charge is 0.152 e. The zero-order valence-corrected chi connectivity index (χ0v) is 12.3. The van der Waals surface area contributed by atoms with Crippen molar-refractivity contribution in [3.05, 3.63) is 30.1 Å². The van der Waals surface area contributed by atoms with Gasteiger partial charge in [-0.15, -0.1) is 0 Å². The largest absolute Gasteiger partial charge is 0.358 e. The molecule has 3 heterocycles. The number of aromatic nitrogens is 2. The molecule has 1 saturated heterocycles. The third-order valence-electron chi connectivity index (χ3n) is 4.18. The molecule has 20 heavy (non-hydrogen) atoms. The number of rotatable bonds is 4. The fourth-order valence-electron chi connectivity index (χ4n) is 3.18. The average molecular weight is 273 g/mol. The number of fused-ring (bicyclic) bond motifs is 1. The van der Waals surface area contributed by atoms with Crippen molar-refractivity contribution in [3.8, 4) is 0 Å². The van der Waals surface area contributed by atoms with Crippen LogP contribution in [0, 0.1) is 5.92 Å². The van der Waals surface area contributed by atoms with E-state index in [1.165, 1.54) is 19.5 Å². The van der Waals surface area contributed by atoms with Crippen molar-refractivity contribution in [1.29, 1.82) is 0 Å². The van der Waals surface area contributed by atoms with Crippen molar-refractivity contribution in [2.75, 3.05) is 38.6 Å². The highest BCUT2D eigenvalue weighted by Crippen LogP contribution is 2.23. The van der Waals surface area contributed by atoms with Gasteiger partial charge < -0.3 is 19.9 Å². The van der Waals surface area contributed by atoms with Crippen molar-refractivity contribution >= 4 is 11.5 Å². The van der Waals surface area contributed by atoms with Gasteiger partial charge in [0.25, 0.3) is 0 Å². The van der Waals surface area contributed by atoms with Gasteiger partial charge in [0.15, 0.2) is 5.82 Å². The molecular weight excluding hydrogens is 250 g/mol. The molecule has 1 aliphatic rings. The van der Waals surface area contributed by atoms with Gasteiger partial charge in [0.2, 0.25) is 0 Å². The summed E-state index contributed by atoms with van der Waals surface area (Å²) in [6.07, 6.45) is 3.30. The highest BCUT2D eigenvalue weighted by Gasteiger charge is 2.23. The third kappa shape index (κ3) is 2.39. The van der Waals surface area contributed by atoms with Crippen LogP contribution in [0.3, 0.4) is 0 Å². The van der Waals surface area contributed by atoms with Gasteiger partial charge in [-0.25, -0.2) is 4.98 Å². The van der Waals surface area contributed by atoms with Crippen molar-refractivity contribution in [3.63, 3.8) is 0 Å². The summed E-state index contributed by atoms with van der Waals surface area (Å²) in [6.45, 7) is 3.93. The lowest BCUT2D eigenvalue weighted by Gasteiger charge is -2.22. The van der Waals surface area contributed by atoms with Gasteiger partial charge >= 0.3 is 0 Å². The van der Waals surface area contributed by atoms with E-state index in [-0.39, 0.29) is 0 Å². The van der Waals surface area contributed by atoms with E-state index in [1.807, 2.05) is 24.4 Å². The zero-order chi connectivity index (χ0) is 14.1. The van der Waals surface area contributed by atoms with Gasteiger partial charge in [0.05, 0.1) is 5.69 Å². The summed E-state index contributed by atoms with van der Waals surface area (Å²) in [4.78, 5) is 9.40. The van der Waals surface area contributed by atoms with E-state index in [2.05, 4.69) is 28.3 Å². The average Bonchev–Trinajstić information content (AvgIpc) is 3.01. The summed E-state index contributed by atoms with van der Waals surface area (Å²) >= 11 is 0. The van der Waals surface area contributed by atoms with E-state index in [1.54, 1.807) is 0 Å². The Morgan fingerprint density at radius 3 is 3.00 bits per heavy atom. The number of pyridine rings is 1. The van der Waals surface area contributed by atoms with Crippen LogP contribution in [0.5, 0.6) is 0 Å². The van der Waals surface area contributed by atoms with Crippen LogP contribution in [0.4, 0.5) is 5.82 Å². The minimum absolute atomic E-state index is 0.509. The molecule has 0 bridgehead atoms. The van der Waals surface area contributed by atoms with Gasteiger partial charge in [0, 0.05) is 32.9 Å². The fourth-order valence-corrected chi connectivity index (χ4v) is 3.18. The molecule has 108 valence electrons. The van der Waals surface area contributed by atoms with E-state index in [0.29, 0.717) is 6.54 Å². The van der Waals surface area contributed by atoms with Crippen LogP contribution >= 0.6 is 0 Å². The molecule has 0 aliphatic carbocycles. The Hall–Kier alpha value is -1.59. The second kappa shape index (κ2) is 5.42. The monoisotopic (exact) mass is 273 g/mol. The molecule has 0 spiro atoms.